The molecule has 4 rings (SSSR count). The maximum atomic E-state index is 12.6. The van der Waals surface area contributed by atoms with Crippen molar-refractivity contribution in [1.29, 1.82) is 0 Å². The maximum absolute atomic E-state index is 12.6. The van der Waals surface area contributed by atoms with E-state index in [1.54, 1.807) is 11.6 Å². The first-order valence-electron chi connectivity index (χ1n) is 10.9. The number of benzene rings is 2. The molecule has 6 heteroatoms. The summed E-state index contributed by atoms with van der Waals surface area (Å²) in [5.41, 5.74) is 4.95. The normalized spacial score (nSPS) is 12.0. The zero-order valence-electron chi connectivity index (χ0n) is 18.7. The highest BCUT2D eigenvalue weighted by Gasteiger charge is 2.19. The van der Waals surface area contributed by atoms with Crippen molar-refractivity contribution < 1.29 is 9.53 Å². The van der Waals surface area contributed by atoms with E-state index in [0.29, 0.717) is 12.4 Å². The summed E-state index contributed by atoms with van der Waals surface area (Å²) in [6, 6.07) is 22.2. The van der Waals surface area contributed by atoms with Gasteiger partial charge in [0, 0.05) is 19.7 Å². The number of hydrogen-bond acceptors (Lipinski definition) is 4. The number of hydrogen-bond donors (Lipinski definition) is 1. The van der Waals surface area contributed by atoms with Gasteiger partial charge in [0.2, 0.25) is 5.88 Å². The van der Waals surface area contributed by atoms with Crippen molar-refractivity contribution >= 4 is 16.9 Å². The molecule has 4 aromatic rings. The van der Waals surface area contributed by atoms with Gasteiger partial charge in [0.1, 0.15) is 0 Å². The minimum absolute atomic E-state index is 0.151. The molecule has 2 aromatic heterocycles. The number of pyridine rings is 1. The van der Waals surface area contributed by atoms with Crippen LogP contribution in [0, 0.1) is 6.92 Å². The molecule has 164 valence electrons. The van der Waals surface area contributed by atoms with Gasteiger partial charge in [-0.25, -0.2) is 0 Å². The highest BCUT2D eigenvalue weighted by atomic mass is 16.5. The average Bonchev–Trinajstić information content (AvgIpc) is 3.10. The molecule has 0 aliphatic rings. The van der Waals surface area contributed by atoms with Crippen LogP contribution in [0.5, 0.6) is 5.88 Å². The monoisotopic (exact) mass is 428 g/mol. The van der Waals surface area contributed by atoms with E-state index in [2.05, 4.69) is 27.5 Å². The summed E-state index contributed by atoms with van der Waals surface area (Å²) in [7, 11) is 1.86. The number of rotatable bonds is 8. The summed E-state index contributed by atoms with van der Waals surface area (Å²) in [4.78, 5) is 17.2. The molecule has 1 amide bonds. The zero-order valence-corrected chi connectivity index (χ0v) is 18.7. The second kappa shape index (κ2) is 9.64. The Labute approximate surface area is 188 Å². The molecule has 0 radical (unpaired) electrons. The second-order valence-electron chi connectivity index (χ2n) is 7.92. The van der Waals surface area contributed by atoms with Crippen molar-refractivity contribution in [2.45, 2.75) is 32.8 Å². The molecule has 0 fully saturated rings. The number of ether oxygens (including phenoxy) is 1. The van der Waals surface area contributed by atoms with Gasteiger partial charge in [0.15, 0.2) is 11.8 Å². The van der Waals surface area contributed by atoms with Crippen LogP contribution >= 0.6 is 0 Å². The molecule has 0 saturated carbocycles. The number of carbonyl (C=O) groups excluding carboxylic acids is 1. The summed E-state index contributed by atoms with van der Waals surface area (Å²) in [6.07, 6.45) is 1.14. The molecule has 0 bridgehead atoms. The van der Waals surface area contributed by atoms with E-state index in [1.165, 1.54) is 5.56 Å². The van der Waals surface area contributed by atoms with Crippen molar-refractivity contribution in [2.24, 2.45) is 7.05 Å². The molecule has 2 aromatic carbocycles. The van der Waals surface area contributed by atoms with Crippen molar-refractivity contribution in [3.05, 3.63) is 78.0 Å². The Morgan fingerprint density at radius 1 is 1.09 bits per heavy atom. The van der Waals surface area contributed by atoms with Crippen LogP contribution in [0.4, 0.5) is 0 Å². The third-order valence-electron chi connectivity index (χ3n) is 5.48. The summed E-state index contributed by atoms with van der Waals surface area (Å²) >= 11 is 0. The third-order valence-corrected chi connectivity index (χ3v) is 5.48. The van der Waals surface area contributed by atoms with Gasteiger partial charge in [-0.15, -0.1) is 0 Å². The van der Waals surface area contributed by atoms with Crippen molar-refractivity contribution in [3.8, 4) is 17.0 Å². The molecule has 0 aliphatic heterocycles. The topological polar surface area (TPSA) is 69.0 Å². The lowest BCUT2D eigenvalue weighted by atomic mass is 10.0. The Bertz CT molecular complexity index is 1200. The van der Waals surface area contributed by atoms with Crippen molar-refractivity contribution in [3.63, 3.8) is 0 Å². The van der Waals surface area contributed by atoms with Crippen LogP contribution in [0.2, 0.25) is 0 Å². The van der Waals surface area contributed by atoms with E-state index in [4.69, 9.17) is 4.74 Å². The fraction of sp³-hybridized carbons (Fsp3) is 0.269. The quantitative estimate of drug-likeness (QED) is 0.421. The highest BCUT2D eigenvalue weighted by Crippen LogP contribution is 2.33. The lowest BCUT2D eigenvalue weighted by molar-refractivity contribution is -0.127. The largest absolute Gasteiger partial charge is 0.464 e. The number of nitrogens with zero attached hydrogens (tertiary/aromatic N) is 3. The van der Waals surface area contributed by atoms with Gasteiger partial charge in [-0.3, -0.25) is 9.48 Å². The smallest absolute Gasteiger partial charge is 0.260 e. The van der Waals surface area contributed by atoms with E-state index in [0.717, 1.165) is 40.7 Å². The minimum atomic E-state index is -0.658. The van der Waals surface area contributed by atoms with E-state index >= 15 is 0 Å². The summed E-state index contributed by atoms with van der Waals surface area (Å²) < 4.78 is 7.71. The lowest BCUT2D eigenvalue weighted by Gasteiger charge is -2.15. The zero-order chi connectivity index (χ0) is 22.5. The van der Waals surface area contributed by atoms with Crippen LogP contribution in [0.1, 0.15) is 24.6 Å². The first-order chi connectivity index (χ1) is 15.5. The fourth-order valence-electron chi connectivity index (χ4n) is 3.85. The molecular weight excluding hydrogens is 400 g/mol. The fourth-order valence-corrected chi connectivity index (χ4v) is 3.85. The number of aromatic nitrogens is 3. The average molecular weight is 429 g/mol. The van der Waals surface area contributed by atoms with Crippen LogP contribution in [0.25, 0.3) is 22.2 Å². The first kappa shape index (κ1) is 21.6. The molecular formula is C26H28N4O2. The van der Waals surface area contributed by atoms with Crippen LogP contribution in [0.3, 0.4) is 0 Å². The highest BCUT2D eigenvalue weighted by molar-refractivity contribution is 5.95. The molecule has 0 unspecified atom stereocenters. The standard InChI is InChI=1S/C26H28N4O2/c1-18-24-22(21-14-8-5-9-15-21)17-23(28-25(24)30(3)29-18)32-19(2)26(31)27-16-10-13-20-11-6-4-7-12-20/h4-9,11-12,14-15,17,19H,10,13,16H2,1-3H3,(H,27,31)/t19-/m1/s1. The Hall–Kier alpha value is -3.67. The van der Waals surface area contributed by atoms with Gasteiger partial charge >= 0.3 is 0 Å². The van der Waals surface area contributed by atoms with Crippen LogP contribution in [-0.2, 0) is 18.3 Å². The van der Waals surface area contributed by atoms with Crippen molar-refractivity contribution in [2.75, 3.05) is 6.54 Å². The van der Waals surface area contributed by atoms with Crippen molar-refractivity contribution in [1.82, 2.24) is 20.1 Å². The van der Waals surface area contributed by atoms with Gasteiger partial charge < -0.3 is 10.1 Å². The maximum Gasteiger partial charge on any atom is 0.260 e. The minimum Gasteiger partial charge on any atom is -0.464 e. The predicted octanol–water partition coefficient (Wildman–Crippen LogP) is 4.46. The Morgan fingerprint density at radius 2 is 1.78 bits per heavy atom. The number of amides is 1. The van der Waals surface area contributed by atoms with E-state index in [-0.39, 0.29) is 5.91 Å². The van der Waals surface area contributed by atoms with E-state index in [1.807, 2.05) is 68.6 Å². The van der Waals surface area contributed by atoms with Crippen LogP contribution < -0.4 is 10.1 Å². The predicted molar refractivity (Wildman–Crippen MR) is 127 cm³/mol. The first-order valence-corrected chi connectivity index (χ1v) is 10.9. The molecule has 1 atom stereocenters. The second-order valence-corrected chi connectivity index (χ2v) is 7.92. The molecule has 0 saturated heterocycles. The molecule has 32 heavy (non-hydrogen) atoms. The lowest BCUT2D eigenvalue weighted by Crippen LogP contribution is -2.37. The Morgan fingerprint density at radius 3 is 2.50 bits per heavy atom. The SMILES string of the molecule is Cc1nn(C)c2nc(O[C@H](C)C(=O)NCCCc3ccccc3)cc(-c3ccccc3)c12. The van der Waals surface area contributed by atoms with Crippen LogP contribution in [-0.4, -0.2) is 33.3 Å². The molecule has 2 heterocycles. The molecule has 1 N–H and O–H groups in total. The van der Waals surface area contributed by atoms with E-state index < -0.39 is 6.10 Å². The van der Waals surface area contributed by atoms with Gasteiger partial charge in [-0.05, 0) is 43.4 Å². The Balaban J connectivity index is 1.46. The summed E-state index contributed by atoms with van der Waals surface area (Å²) in [5, 5.41) is 8.48. The summed E-state index contributed by atoms with van der Waals surface area (Å²) in [6.45, 7) is 4.32. The van der Waals surface area contributed by atoms with E-state index in [9.17, 15) is 4.79 Å². The van der Waals surface area contributed by atoms with Gasteiger partial charge in [-0.1, -0.05) is 60.7 Å². The molecule has 0 aliphatic carbocycles. The van der Waals surface area contributed by atoms with Gasteiger partial charge in [0.05, 0.1) is 11.1 Å². The molecule has 0 spiro atoms. The Kier molecular flexibility index (Phi) is 6.50. The third kappa shape index (κ3) is 4.80. The molecule has 6 nitrogen and oxygen atoms in total. The number of aryl methyl sites for hydroxylation is 3. The summed E-state index contributed by atoms with van der Waals surface area (Å²) in [5.74, 6) is 0.258. The van der Waals surface area contributed by atoms with Crippen LogP contribution in [0.15, 0.2) is 66.7 Å². The van der Waals surface area contributed by atoms with Gasteiger partial charge in [0.25, 0.3) is 5.91 Å². The number of carbonyl (C=O) groups is 1. The number of nitrogens with one attached hydrogen (secondary N) is 1. The van der Waals surface area contributed by atoms with Gasteiger partial charge in [-0.2, -0.15) is 10.1 Å². The number of fused-ring (bicyclic) bond motifs is 1.